The second-order valence-corrected chi connectivity index (χ2v) is 19.4. The number of rotatable bonds is 12. The zero-order valence-electron chi connectivity index (χ0n) is 38.6. The third-order valence-electron chi connectivity index (χ3n) is 13.3. The molecule has 0 heterocycles. The van der Waals surface area contributed by atoms with Gasteiger partial charge < -0.3 is 30.6 Å². The van der Waals surface area contributed by atoms with Crippen LogP contribution in [0.3, 0.4) is 0 Å². The highest BCUT2D eigenvalue weighted by Gasteiger charge is 2.57. The largest absolute Gasteiger partial charge is 0.478 e. The molecule has 2 unspecified atom stereocenters. The van der Waals surface area contributed by atoms with E-state index in [2.05, 4.69) is 10.6 Å². The summed E-state index contributed by atoms with van der Waals surface area (Å²) in [6, 6.07) is 60.4. The Bertz CT molecular complexity index is 3860. The monoisotopic (exact) mass is 1050 g/mol. The summed E-state index contributed by atoms with van der Waals surface area (Å²) in [6.45, 7) is 0. The van der Waals surface area contributed by atoms with Crippen molar-refractivity contribution in [1.29, 1.82) is 0 Å². The van der Waals surface area contributed by atoms with E-state index in [1.807, 2.05) is 131 Å². The van der Waals surface area contributed by atoms with Gasteiger partial charge in [0.1, 0.15) is 5.92 Å². The van der Waals surface area contributed by atoms with Crippen molar-refractivity contribution < 1.29 is 29.4 Å². The minimum atomic E-state index is -2.70. The molecule has 0 spiro atoms. The van der Waals surface area contributed by atoms with Gasteiger partial charge in [-0.1, -0.05) is 120 Å². The van der Waals surface area contributed by atoms with Gasteiger partial charge in [0.2, 0.25) is 5.91 Å². The predicted octanol–water partition coefficient (Wildman–Crippen LogP) is 15.0. The van der Waals surface area contributed by atoms with Gasteiger partial charge in [-0.2, -0.15) is 0 Å². The van der Waals surface area contributed by atoms with Crippen molar-refractivity contribution in [2.75, 3.05) is 20.4 Å². The van der Waals surface area contributed by atoms with E-state index in [9.17, 15) is 19.8 Å². The van der Waals surface area contributed by atoms with Gasteiger partial charge >= 0.3 is 11.9 Å². The van der Waals surface area contributed by atoms with E-state index in [0.717, 1.165) is 40.2 Å². The first-order chi connectivity index (χ1) is 35.8. The van der Waals surface area contributed by atoms with Crippen LogP contribution in [0.2, 0.25) is 15.1 Å². The van der Waals surface area contributed by atoms with Crippen LogP contribution in [0, 0.1) is 5.92 Å². The Kier molecular flexibility index (Phi) is 12.5. The van der Waals surface area contributed by atoms with Crippen LogP contribution in [-0.4, -0.2) is 34.0 Å². The standard InChI is InChI=1S/C60H38Cl4N4O6/c61-44-31-21-34-22-32-45(62)51-47(34)49(44)50-46(63)33-43(57(70)71)48-52(50)54(51)60(64,59(74)66-36-25-29-42(30-26-36)68(39-17-9-3-10-18-39)40-19-11-4-12-20-40)55(53(48)58(72)73)56(69)65-35-23-27-41(28-24-35)67(37-13-5-1-6-14-37)38-15-7-2-8-16-38/h1-33,55H,(H,65,69)(H,66,74)(H,70,71)(H,72,73). The van der Waals surface area contributed by atoms with Crippen LogP contribution in [0.4, 0.5) is 45.5 Å². The van der Waals surface area contributed by atoms with Crippen molar-refractivity contribution in [3.05, 3.63) is 232 Å². The van der Waals surface area contributed by atoms with Crippen LogP contribution in [-0.2, 0) is 19.3 Å². The average molecular weight is 1050 g/mol. The number of aliphatic carboxylic acids is 1. The lowest BCUT2D eigenvalue weighted by atomic mass is 9.69. The van der Waals surface area contributed by atoms with E-state index in [1.165, 1.54) is 0 Å². The van der Waals surface area contributed by atoms with Crippen LogP contribution in [0.25, 0.3) is 37.9 Å². The van der Waals surface area contributed by atoms with Crippen LogP contribution < -0.4 is 25.7 Å². The number of para-hydroxylation sites is 4. The number of alkyl halides is 1. The van der Waals surface area contributed by atoms with Crippen molar-refractivity contribution in [3.8, 4) is 0 Å². The summed E-state index contributed by atoms with van der Waals surface area (Å²) in [6.07, 6.45) is 0. The lowest BCUT2D eigenvalue weighted by Crippen LogP contribution is -2.53. The van der Waals surface area contributed by atoms with Gasteiger partial charge in [0.25, 0.3) is 5.91 Å². The van der Waals surface area contributed by atoms with Crippen LogP contribution in [0.1, 0.15) is 15.9 Å². The Labute approximate surface area is 443 Å². The molecule has 10 aromatic rings. The highest BCUT2D eigenvalue weighted by Crippen LogP contribution is 2.55. The summed E-state index contributed by atoms with van der Waals surface area (Å²) in [4.78, 5) is 60.2. The number of halogens is 4. The van der Waals surface area contributed by atoms with Crippen molar-refractivity contribution in [2.24, 2.45) is 5.92 Å². The number of nitrogens with zero attached hydrogens (tertiary/aromatic N) is 2. The second-order valence-electron chi connectivity index (χ2n) is 17.6. The normalized spacial score (nSPS) is 15.0. The first-order valence-corrected chi connectivity index (χ1v) is 24.7. The summed E-state index contributed by atoms with van der Waals surface area (Å²) in [7, 11) is 0. The molecule has 0 saturated heterocycles. The lowest BCUT2D eigenvalue weighted by Gasteiger charge is -2.39. The zero-order valence-corrected chi connectivity index (χ0v) is 41.6. The third kappa shape index (κ3) is 8.09. The SMILES string of the molecule is O=C(O)C1=c2c(C(=O)O)cc(Cl)c3c2c(c2c(Cl)ccc4ccc(Cl)c3c42)C(Cl)(C(=O)Nc2ccc(N(c3ccccc3)c3ccccc3)cc2)C1C(=O)Nc1ccc(N(c2ccccc2)c2ccccc2)cc1. The molecule has 0 aliphatic heterocycles. The molecule has 74 heavy (non-hydrogen) atoms. The maximum absolute atomic E-state index is 15.8. The van der Waals surface area contributed by atoms with E-state index < -0.39 is 45.7 Å². The first-order valence-electron chi connectivity index (χ1n) is 23.2. The molecule has 4 N–H and O–H groups in total. The number of nitrogens with one attached hydrogen (secondary N) is 2. The molecule has 11 rings (SSSR count). The number of amides is 2. The quantitative estimate of drug-likeness (QED) is 0.0539. The molecular formula is C60H38Cl4N4O6. The van der Waals surface area contributed by atoms with Crippen molar-refractivity contribution in [2.45, 2.75) is 4.87 Å². The number of anilines is 8. The summed E-state index contributed by atoms with van der Waals surface area (Å²) in [5, 5.41) is 29.3. The van der Waals surface area contributed by atoms with E-state index in [-0.39, 0.29) is 53.4 Å². The van der Waals surface area contributed by atoms with E-state index in [1.54, 1.807) is 72.8 Å². The molecule has 2 amide bonds. The highest BCUT2D eigenvalue weighted by molar-refractivity contribution is 6.51. The molecular weight excluding hydrogens is 1010 g/mol. The Morgan fingerprint density at radius 1 is 0.446 bits per heavy atom. The Morgan fingerprint density at radius 2 is 0.851 bits per heavy atom. The molecule has 0 bridgehead atoms. The minimum absolute atomic E-state index is 0.0588. The van der Waals surface area contributed by atoms with Crippen molar-refractivity contribution in [3.63, 3.8) is 0 Å². The lowest BCUT2D eigenvalue weighted by molar-refractivity contribution is -0.133. The third-order valence-corrected chi connectivity index (χ3v) is 14.8. The first kappa shape index (κ1) is 47.9. The molecule has 0 fully saturated rings. The fourth-order valence-electron chi connectivity index (χ4n) is 10.2. The molecule has 1 aliphatic rings. The van der Waals surface area contributed by atoms with Gasteiger partial charge in [-0.05, 0) is 126 Å². The summed E-state index contributed by atoms with van der Waals surface area (Å²) >= 11 is 29.4. The zero-order chi connectivity index (χ0) is 51.4. The molecule has 2 atom stereocenters. The molecule has 0 aromatic heterocycles. The van der Waals surface area contributed by atoms with Gasteiger partial charge in [0.15, 0.2) is 4.87 Å². The number of aromatic carboxylic acids is 1. The molecule has 0 radical (unpaired) electrons. The maximum Gasteiger partial charge on any atom is 0.336 e. The smallest absolute Gasteiger partial charge is 0.336 e. The number of fused-ring (bicyclic) bond motifs is 2. The van der Waals surface area contributed by atoms with Gasteiger partial charge in [0, 0.05) is 92.9 Å². The number of carboxylic acids is 2. The molecule has 10 nitrogen and oxygen atoms in total. The van der Waals surface area contributed by atoms with Gasteiger partial charge in [-0.25, -0.2) is 9.59 Å². The Balaban J connectivity index is 1.11. The topological polar surface area (TPSA) is 139 Å². The molecule has 10 aromatic carbocycles. The number of hydrogen-bond donors (Lipinski definition) is 4. The van der Waals surface area contributed by atoms with Crippen LogP contribution in [0.15, 0.2) is 200 Å². The predicted molar refractivity (Wildman–Crippen MR) is 298 cm³/mol. The molecule has 14 heteroatoms. The van der Waals surface area contributed by atoms with E-state index in [4.69, 9.17) is 46.4 Å². The Hall–Kier alpha value is -8.38. The van der Waals surface area contributed by atoms with Crippen molar-refractivity contribution in [1.82, 2.24) is 0 Å². The number of carboxylic acid groups (broad SMARTS) is 2. The second kappa shape index (κ2) is 19.2. The number of hydrogen-bond acceptors (Lipinski definition) is 6. The fourth-order valence-corrected chi connectivity index (χ4v) is 11.5. The van der Waals surface area contributed by atoms with E-state index in [0.29, 0.717) is 16.2 Å². The number of carbonyl (C=O) groups excluding carboxylic acids is 2. The molecule has 1 aliphatic carbocycles. The number of carbonyl (C=O) groups is 4. The van der Waals surface area contributed by atoms with Gasteiger partial charge in [-0.3, -0.25) is 9.59 Å². The van der Waals surface area contributed by atoms with Crippen LogP contribution in [0.5, 0.6) is 0 Å². The van der Waals surface area contributed by atoms with Gasteiger partial charge in [0.05, 0.1) is 11.1 Å². The average Bonchev–Trinajstić information content (AvgIpc) is 3.41. The molecule has 362 valence electrons. The summed E-state index contributed by atoms with van der Waals surface area (Å²) in [5.74, 6) is -7.47. The van der Waals surface area contributed by atoms with Gasteiger partial charge in [-0.15, -0.1) is 11.6 Å². The van der Waals surface area contributed by atoms with Crippen LogP contribution >= 0.6 is 46.4 Å². The highest BCUT2D eigenvalue weighted by atomic mass is 35.5. The van der Waals surface area contributed by atoms with Crippen molar-refractivity contribution >= 4 is 154 Å². The summed E-state index contributed by atoms with van der Waals surface area (Å²) in [5.41, 5.74) is 3.94. The van der Waals surface area contributed by atoms with E-state index >= 15 is 9.59 Å². The number of benzene rings is 10. The fraction of sp³-hybridized carbons (Fsp3) is 0.0333. The maximum atomic E-state index is 15.8. The minimum Gasteiger partial charge on any atom is -0.478 e. The Morgan fingerprint density at radius 3 is 1.28 bits per heavy atom. The summed E-state index contributed by atoms with van der Waals surface area (Å²) < 4.78 is 0. The molecule has 0 saturated carbocycles.